The van der Waals surface area contributed by atoms with Crippen molar-refractivity contribution in [1.29, 1.82) is 0 Å². The van der Waals surface area contributed by atoms with Gasteiger partial charge in [0.2, 0.25) is 0 Å². The molecule has 0 N–H and O–H groups in total. The summed E-state index contributed by atoms with van der Waals surface area (Å²) in [4.78, 5) is 0. The lowest BCUT2D eigenvalue weighted by Crippen LogP contribution is -2.56. The highest BCUT2D eigenvalue weighted by Crippen LogP contribution is 2.53. The third kappa shape index (κ3) is 1.85. The Bertz CT molecular complexity index is 477. The largest absolute Gasteiger partial charge is 0.373 e. The second-order valence-corrected chi connectivity index (χ2v) is 7.57. The van der Waals surface area contributed by atoms with Crippen LogP contribution in [0.2, 0.25) is 0 Å². The van der Waals surface area contributed by atoms with Crippen molar-refractivity contribution < 1.29 is 9.26 Å². The Morgan fingerprint density at radius 3 is 2.74 bits per heavy atom. The predicted molar refractivity (Wildman–Crippen MR) is 74.1 cm³/mol. The van der Waals surface area contributed by atoms with Gasteiger partial charge in [0, 0.05) is 5.56 Å². The van der Waals surface area contributed by atoms with Crippen molar-refractivity contribution >= 4 is 0 Å². The molecule has 3 unspecified atom stereocenters. The molecule has 2 heterocycles. The average Bonchev–Trinajstić information content (AvgIpc) is 2.76. The molecular weight excluding hydrogens is 238 g/mol. The molecule has 0 aromatic carbocycles. The fraction of sp³-hybridized carbons (Fsp3) is 0.812. The number of nitrogens with zero attached hydrogens (tertiary/aromatic N) is 1. The first-order valence-corrected chi connectivity index (χ1v) is 7.44. The number of ether oxygens (including phenoxy) is 1. The zero-order valence-electron chi connectivity index (χ0n) is 12.7. The molecule has 0 spiro atoms. The van der Waals surface area contributed by atoms with Gasteiger partial charge in [0.05, 0.1) is 23.8 Å². The lowest BCUT2D eigenvalue weighted by molar-refractivity contribution is -0.173. The number of hydrogen-bond donors (Lipinski definition) is 0. The number of hydrogen-bond acceptors (Lipinski definition) is 3. The smallest absolute Gasteiger partial charge is 0.148 e. The summed E-state index contributed by atoms with van der Waals surface area (Å²) in [6, 6.07) is 0. The highest BCUT2D eigenvalue weighted by molar-refractivity contribution is 5.31. The van der Waals surface area contributed by atoms with E-state index in [0.717, 1.165) is 12.2 Å². The van der Waals surface area contributed by atoms with Gasteiger partial charge in [0.25, 0.3) is 0 Å². The Balaban J connectivity index is 2.00. The first-order valence-electron chi connectivity index (χ1n) is 7.44. The molecule has 3 atom stereocenters. The molecular formula is C16H25NO2. The van der Waals surface area contributed by atoms with E-state index in [9.17, 15) is 0 Å². The highest BCUT2D eigenvalue weighted by atomic mass is 16.5. The minimum Gasteiger partial charge on any atom is -0.373 e. The molecule has 2 aliphatic rings. The molecule has 1 aromatic rings. The summed E-state index contributed by atoms with van der Waals surface area (Å²) < 4.78 is 12.0. The Kier molecular flexibility index (Phi) is 2.83. The average molecular weight is 263 g/mol. The SMILES string of the molecule is CC(C)C1CCC2(C)Cc3cnoc3C(C)(C)C2O1. The fourth-order valence-corrected chi connectivity index (χ4v) is 4.19. The van der Waals surface area contributed by atoms with Crippen LogP contribution < -0.4 is 0 Å². The summed E-state index contributed by atoms with van der Waals surface area (Å²) in [6.07, 6.45) is 5.93. The van der Waals surface area contributed by atoms with E-state index >= 15 is 0 Å². The Hall–Kier alpha value is -0.830. The number of aromatic nitrogens is 1. The van der Waals surface area contributed by atoms with Crippen LogP contribution in [0.4, 0.5) is 0 Å². The summed E-state index contributed by atoms with van der Waals surface area (Å²) in [7, 11) is 0. The molecule has 1 aliphatic carbocycles. The first-order chi connectivity index (χ1) is 8.84. The maximum absolute atomic E-state index is 6.51. The van der Waals surface area contributed by atoms with E-state index in [-0.39, 0.29) is 16.9 Å². The maximum Gasteiger partial charge on any atom is 0.148 e. The molecule has 0 amide bonds. The first kappa shape index (κ1) is 13.2. The van der Waals surface area contributed by atoms with Gasteiger partial charge in [-0.1, -0.05) is 39.8 Å². The van der Waals surface area contributed by atoms with Gasteiger partial charge in [0.15, 0.2) is 0 Å². The van der Waals surface area contributed by atoms with E-state index < -0.39 is 0 Å². The second-order valence-electron chi connectivity index (χ2n) is 7.57. The quantitative estimate of drug-likeness (QED) is 0.774. The summed E-state index contributed by atoms with van der Waals surface area (Å²) in [5.41, 5.74) is 1.40. The summed E-state index contributed by atoms with van der Waals surface area (Å²) in [5.74, 6) is 1.61. The zero-order valence-corrected chi connectivity index (χ0v) is 12.7. The molecule has 1 fully saturated rings. The van der Waals surface area contributed by atoms with Crippen LogP contribution in [0, 0.1) is 11.3 Å². The molecule has 3 nitrogen and oxygen atoms in total. The summed E-state index contributed by atoms with van der Waals surface area (Å²) in [6.45, 7) is 11.3. The standard InChI is InChI=1S/C16H25NO2/c1-10(2)12-6-7-16(5)8-11-9-17-19-13(11)15(3,4)14(16)18-12/h9-10,12,14H,6-8H2,1-5H3. The predicted octanol–water partition coefficient (Wildman–Crippen LogP) is 3.72. The van der Waals surface area contributed by atoms with Gasteiger partial charge in [-0.2, -0.15) is 0 Å². The highest BCUT2D eigenvalue weighted by Gasteiger charge is 2.55. The molecule has 3 rings (SSSR count). The van der Waals surface area contributed by atoms with Gasteiger partial charge in [-0.3, -0.25) is 0 Å². The van der Waals surface area contributed by atoms with Crippen LogP contribution >= 0.6 is 0 Å². The fourth-order valence-electron chi connectivity index (χ4n) is 4.19. The van der Waals surface area contributed by atoms with Crippen LogP contribution in [0.5, 0.6) is 0 Å². The van der Waals surface area contributed by atoms with Crippen LogP contribution in [0.25, 0.3) is 0 Å². The number of rotatable bonds is 1. The Morgan fingerprint density at radius 1 is 1.32 bits per heavy atom. The molecule has 1 saturated heterocycles. The topological polar surface area (TPSA) is 35.3 Å². The van der Waals surface area contributed by atoms with Crippen molar-refractivity contribution in [3.05, 3.63) is 17.5 Å². The molecule has 1 aliphatic heterocycles. The minimum atomic E-state index is -0.0909. The molecule has 1 aromatic heterocycles. The lowest BCUT2D eigenvalue weighted by Gasteiger charge is -2.53. The van der Waals surface area contributed by atoms with Gasteiger partial charge in [-0.25, -0.2) is 0 Å². The van der Waals surface area contributed by atoms with Gasteiger partial charge in [0.1, 0.15) is 5.76 Å². The molecule has 19 heavy (non-hydrogen) atoms. The van der Waals surface area contributed by atoms with E-state index in [1.165, 1.54) is 18.4 Å². The van der Waals surface area contributed by atoms with Crippen LogP contribution in [-0.4, -0.2) is 17.4 Å². The van der Waals surface area contributed by atoms with Crippen LogP contribution in [0.1, 0.15) is 58.8 Å². The maximum atomic E-state index is 6.51. The van der Waals surface area contributed by atoms with Crippen molar-refractivity contribution in [3.63, 3.8) is 0 Å². The third-order valence-electron chi connectivity index (χ3n) is 5.17. The summed E-state index contributed by atoms with van der Waals surface area (Å²) in [5, 5.41) is 4.01. The second kappa shape index (κ2) is 4.08. The van der Waals surface area contributed by atoms with E-state index in [2.05, 4.69) is 39.8 Å². The lowest BCUT2D eigenvalue weighted by atomic mass is 9.59. The van der Waals surface area contributed by atoms with E-state index in [4.69, 9.17) is 9.26 Å². The summed E-state index contributed by atoms with van der Waals surface area (Å²) >= 11 is 0. The normalized spacial score (nSPS) is 36.9. The van der Waals surface area contributed by atoms with Crippen molar-refractivity contribution in [2.75, 3.05) is 0 Å². The third-order valence-corrected chi connectivity index (χ3v) is 5.17. The van der Waals surface area contributed by atoms with Crippen LogP contribution in [0.15, 0.2) is 10.7 Å². The molecule has 106 valence electrons. The van der Waals surface area contributed by atoms with Gasteiger partial charge in [-0.15, -0.1) is 0 Å². The van der Waals surface area contributed by atoms with Crippen molar-refractivity contribution in [2.24, 2.45) is 11.3 Å². The molecule has 0 radical (unpaired) electrons. The Morgan fingerprint density at radius 2 is 2.05 bits per heavy atom. The zero-order chi connectivity index (χ0) is 13.8. The van der Waals surface area contributed by atoms with Crippen molar-refractivity contribution in [3.8, 4) is 0 Å². The van der Waals surface area contributed by atoms with E-state index in [1.54, 1.807) is 0 Å². The van der Waals surface area contributed by atoms with Gasteiger partial charge in [-0.05, 0) is 30.6 Å². The monoisotopic (exact) mass is 263 g/mol. The van der Waals surface area contributed by atoms with E-state index in [0.29, 0.717) is 12.0 Å². The number of fused-ring (bicyclic) bond motifs is 2. The van der Waals surface area contributed by atoms with Crippen LogP contribution in [-0.2, 0) is 16.6 Å². The van der Waals surface area contributed by atoms with Crippen molar-refractivity contribution in [2.45, 2.75) is 71.5 Å². The van der Waals surface area contributed by atoms with Gasteiger partial charge >= 0.3 is 0 Å². The van der Waals surface area contributed by atoms with E-state index in [1.807, 2.05) is 6.20 Å². The Labute approximate surface area is 115 Å². The molecule has 3 heteroatoms. The van der Waals surface area contributed by atoms with Crippen LogP contribution in [0.3, 0.4) is 0 Å². The van der Waals surface area contributed by atoms with Gasteiger partial charge < -0.3 is 9.26 Å². The molecule has 0 saturated carbocycles. The minimum absolute atomic E-state index is 0.0909. The molecule has 0 bridgehead atoms. The van der Waals surface area contributed by atoms with Crippen molar-refractivity contribution in [1.82, 2.24) is 5.16 Å².